The molecule has 6 heteroatoms. The van der Waals surface area contributed by atoms with E-state index in [-0.39, 0.29) is 17.7 Å². The Labute approximate surface area is 155 Å². The largest absolute Gasteiger partial charge is 0.497 e. The first-order chi connectivity index (χ1) is 11.9. The van der Waals surface area contributed by atoms with Crippen molar-refractivity contribution in [2.45, 2.75) is 19.9 Å². The summed E-state index contributed by atoms with van der Waals surface area (Å²) in [5.74, 6) is 0.0550. The fourth-order valence-corrected chi connectivity index (χ4v) is 2.69. The van der Waals surface area contributed by atoms with Gasteiger partial charge in [0.15, 0.2) is 0 Å². The van der Waals surface area contributed by atoms with Crippen molar-refractivity contribution in [2.24, 2.45) is 5.92 Å². The first-order valence-electron chi connectivity index (χ1n) is 7.92. The highest BCUT2D eigenvalue weighted by Crippen LogP contribution is 2.17. The van der Waals surface area contributed by atoms with Crippen LogP contribution in [0.1, 0.15) is 24.2 Å². The fraction of sp³-hybridized carbons (Fsp3) is 0.263. The number of carbonyl (C=O) groups excluding carboxylic acids is 2. The summed E-state index contributed by atoms with van der Waals surface area (Å²) in [5, 5.41) is 5.64. The van der Waals surface area contributed by atoms with E-state index in [4.69, 9.17) is 4.74 Å². The molecule has 1 unspecified atom stereocenters. The molecule has 2 rings (SSSR count). The standard InChI is InChI=1S/C19H21BrN2O3/c1-12(2)17(19(24)21-15-6-4-5-14(20)11-15)22-18(23)13-7-9-16(25-3)10-8-13/h4-12,17H,1-3H3,(H,21,24)(H,22,23). The van der Waals surface area contributed by atoms with Gasteiger partial charge >= 0.3 is 0 Å². The minimum absolute atomic E-state index is 0.0608. The Bertz CT molecular complexity index is 745. The molecule has 25 heavy (non-hydrogen) atoms. The number of amides is 2. The number of nitrogens with one attached hydrogen (secondary N) is 2. The van der Waals surface area contributed by atoms with Crippen LogP contribution in [-0.2, 0) is 4.79 Å². The summed E-state index contributed by atoms with van der Waals surface area (Å²) in [6, 6.07) is 13.4. The maximum Gasteiger partial charge on any atom is 0.251 e. The second-order valence-electron chi connectivity index (χ2n) is 5.92. The molecule has 1 atom stereocenters. The van der Waals surface area contributed by atoms with E-state index in [1.54, 1.807) is 43.5 Å². The molecular formula is C19H21BrN2O3. The van der Waals surface area contributed by atoms with Crippen LogP contribution < -0.4 is 15.4 Å². The second-order valence-corrected chi connectivity index (χ2v) is 6.84. The lowest BCUT2D eigenvalue weighted by atomic mass is 10.0. The molecule has 0 aliphatic heterocycles. The zero-order valence-corrected chi connectivity index (χ0v) is 16.0. The van der Waals surface area contributed by atoms with Crippen molar-refractivity contribution in [3.8, 4) is 5.75 Å². The van der Waals surface area contributed by atoms with E-state index >= 15 is 0 Å². The van der Waals surface area contributed by atoms with E-state index in [2.05, 4.69) is 26.6 Å². The van der Waals surface area contributed by atoms with Crippen molar-refractivity contribution >= 4 is 33.4 Å². The topological polar surface area (TPSA) is 67.4 Å². The molecule has 2 N–H and O–H groups in total. The molecule has 0 heterocycles. The molecule has 0 radical (unpaired) electrons. The Morgan fingerprint density at radius 3 is 2.32 bits per heavy atom. The van der Waals surface area contributed by atoms with Gasteiger partial charge in [-0.15, -0.1) is 0 Å². The average molecular weight is 405 g/mol. The van der Waals surface area contributed by atoms with Gasteiger partial charge in [-0.1, -0.05) is 35.8 Å². The number of carbonyl (C=O) groups is 2. The molecule has 2 amide bonds. The summed E-state index contributed by atoms with van der Waals surface area (Å²) in [6.07, 6.45) is 0. The molecule has 2 aromatic carbocycles. The number of rotatable bonds is 6. The third-order valence-corrected chi connectivity index (χ3v) is 4.17. The first-order valence-corrected chi connectivity index (χ1v) is 8.71. The number of hydrogen-bond donors (Lipinski definition) is 2. The molecule has 132 valence electrons. The first kappa shape index (κ1) is 19.0. The third kappa shape index (κ3) is 5.32. The highest BCUT2D eigenvalue weighted by molar-refractivity contribution is 9.10. The van der Waals surface area contributed by atoms with Crippen molar-refractivity contribution in [3.63, 3.8) is 0 Å². The van der Waals surface area contributed by atoms with E-state index in [0.29, 0.717) is 17.0 Å². The van der Waals surface area contributed by atoms with E-state index in [0.717, 1.165) is 4.47 Å². The van der Waals surface area contributed by atoms with E-state index < -0.39 is 6.04 Å². The van der Waals surface area contributed by atoms with E-state index in [9.17, 15) is 9.59 Å². The van der Waals surface area contributed by atoms with Gasteiger partial charge in [-0.3, -0.25) is 9.59 Å². The van der Waals surface area contributed by atoms with Crippen LogP contribution in [0.2, 0.25) is 0 Å². The lowest BCUT2D eigenvalue weighted by Crippen LogP contribution is -2.47. The van der Waals surface area contributed by atoms with E-state index in [1.165, 1.54) is 0 Å². The monoisotopic (exact) mass is 404 g/mol. The fourth-order valence-electron chi connectivity index (χ4n) is 2.29. The summed E-state index contributed by atoms with van der Waals surface area (Å²) in [4.78, 5) is 25.0. The van der Waals surface area contributed by atoms with Gasteiger partial charge in [-0.2, -0.15) is 0 Å². The number of methoxy groups -OCH3 is 1. The van der Waals surface area contributed by atoms with Gasteiger partial charge in [-0.05, 0) is 48.4 Å². The molecule has 2 aromatic rings. The number of anilines is 1. The van der Waals surface area contributed by atoms with Gasteiger partial charge in [0.25, 0.3) is 5.91 Å². The van der Waals surface area contributed by atoms with Gasteiger partial charge in [0, 0.05) is 15.7 Å². The van der Waals surface area contributed by atoms with Crippen molar-refractivity contribution in [3.05, 3.63) is 58.6 Å². The van der Waals surface area contributed by atoms with Crippen LogP contribution in [0.15, 0.2) is 53.0 Å². The summed E-state index contributed by atoms with van der Waals surface area (Å²) < 4.78 is 5.95. The zero-order valence-electron chi connectivity index (χ0n) is 14.4. The minimum atomic E-state index is -0.645. The summed E-state index contributed by atoms with van der Waals surface area (Å²) >= 11 is 3.37. The van der Waals surface area contributed by atoms with Crippen LogP contribution in [0.4, 0.5) is 5.69 Å². The molecular weight excluding hydrogens is 384 g/mol. The molecule has 0 aliphatic rings. The summed E-state index contributed by atoms with van der Waals surface area (Å²) in [6.45, 7) is 3.78. The molecule has 0 aromatic heterocycles. The van der Waals surface area contributed by atoms with Crippen LogP contribution in [0, 0.1) is 5.92 Å². The molecule has 0 saturated carbocycles. The van der Waals surface area contributed by atoms with Gasteiger partial charge in [-0.25, -0.2) is 0 Å². The molecule has 0 bridgehead atoms. The number of hydrogen-bond acceptors (Lipinski definition) is 3. The van der Waals surface area contributed by atoms with Crippen molar-refractivity contribution in [2.75, 3.05) is 12.4 Å². The molecule has 5 nitrogen and oxygen atoms in total. The second kappa shape index (κ2) is 8.67. The van der Waals surface area contributed by atoms with Gasteiger partial charge in [0.2, 0.25) is 5.91 Å². The number of benzene rings is 2. The Hall–Kier alpha value is -2.34. The smallest absolute Gasteiger partial charge is 0.251 e. The zero-order chi connectivity index (χ0) is 18.4. The highest BCUT2D eigenvalue weighted by atomic mass is 79.9. The van der Waals surface area contributed by atoms with Crippen LogP contribution in [0.5, 0.6) is 5.75 Å². The molecule has 0 fully saturated rings. The Kier molecular flexibility index (Phi) is 6.58. The maximum absolute atomic E-state index is 12.6. The Balaban J connectivity index is 2.08. The predicted octanol–water partition coefficient (Wildman–Crippen LogP) is 3.85. The molecule has 0 saturated heterocycles. The Morgan fingerprint density at radius 1 is 1.08 bits per heavy atom. The van der Waals surface area contributed by atoms with Crippen molar-refractivity contribution in [1.82, 2.24) is 5.32 Å². The normalized spacial score (nSPS) is 11.7. The maximum atomic E-state index is 12.6. The summed E-state index contributed by atoms with van der Waals surface area (Å²) in [5.41, 5.74) is 1.14. The van der Waals surface area contributed by atoms with Crippen molar-refractivity contribution < 1.29 is 14.3 Å². The highest BCUT2D eigenvalue weighted by Gasteiger charge is 2.24. The lowest BCUT2D eigenvalue weighted by molar-refractivity contribution is -0.118. The summed E-state index contributed by atoms with van der Waals surface area (Å²) in [7, 11) is 1.57. The van der Waals surface area contributed by atoms with E-state index in [1.807, 2.05) is 26.0 Å². The number of halogens is 1. The number of ether oxygens (including phenoxy) is 1. The van der Waals surface area contributed by atoms with Gasteiger partial charge < -0.3 is 15.4 Å². The van der Waals surface area contributed by atoms with Gasteiger partial charge in [0.1, 0.15) is 11.8 Å². The SMILES string of the molecule is COc1ccc(C(=O)NC(C(=O)Nc2cccc(Br)c2)C(C)C)cc1. The predicted molar refractivity (Wildman–Crippen MR) is 102 cm³/mol. The lowest BCUT2D eigenvalue weighted by Gasteiger charge is -2.22. The Morgan fingerprint density at radius 2 is 1.76 bits per heavy atom. The third-order valence-electron chi connectivity index (χ3n) is 3.68. The quantitative estimate of drug-likeness (QED) is 0.767. The molecule has 0 aliphatic carbocycles. The van der Waals surface area contributed by atoms with Crippen LogP contribution in [-0.4, -0.2) is 25.0 Å². The van der Waals surface area contributed by atoms with Crippen molar-refractivity contribution in [1.29, 1.82) is 0 Å². The van der Waals surface area contributed by atoms with Crippen LogP contribution >= 0.6 is 15.9 Å². The minimum Gasteiger partial charge on any atom is -0.497 e. The van der Waals surface area contributed by atoms with Gasteiger partial charge in [0.05, 0.1) is 7.11 Å². The molecule has 0 spiro atoms. The average Bonchev–Trinajstić information content (AvgIpc) is 2.59. The van der Waals surface area contributed by atoms with Crippen LogP contribution in [0.3, 0.4) is 0 Å². The van der Waals surface area contributed by atoms with Crippen LogP contribution in [0.25, 0.3) is 0 Å².